The van der Waals surface area contributed by atoms with Crippen molar-refractivity contribution in [2.45, 2.75) is 0 Å². The Labute approximate surface area is 53.5 Å². The quantitative estimate of drug-likeness (QED) is 0.442. The van der Waals surface area contributed by atoms with E-state index in [1.807, 2.05) is 0 Å². The highest BCUT2D eigenvalue weighted by Crippen LogP contribution is 1.98. The summed E-state index contributed by atoms with van der Waals surface area (Å²) in [7, 11) is 1.40. The number of hydrogen-bond donors (Lipinski definition) is 2. The van der Waals surface area contributed by atoms with Crippen LogP contribution in [0.5, 0.6) is 0 Å². The molecule has 1 rings (SSSR count). The van der Waals surface area contributed by atoms with Gasteiger partial charge in [0.05, 0.1) is 13.0 Å². The summed E-state index contributed by atoms with van der Waals surface area (Å²) in [5.74, 6) is -0.150. The molecular weight excluding hydrogens is 120 g/mol. The van der Waals surface area contributed by atoms with Crippen molar-refractivity contribution in [1.29, 1.82) is 0 Å². The van der Waals surface area contributed by atoms with Gasteiger partial charge in [-0.25, -0.2) is 0 Å². The van der Waals surface area contributed by atoms with Crippen LogP contribution in [0.1, 0.15) is 0 Å². The normalized spacial score (nSPS) is 20.1. The van der Waals surface area contributed by atoms with Crippen LogP contribution in [0.25, 0.3) is 0 Å². The molecule has 1 heterocycles. The van der Waals surface area contributed by atoms with Crippen molar-refractivity contribution in [3.05, 3.63) is 0 Å². The molecule has 0 aromatic heterocycles. The van der Waals surface area contributed by atoms with Gasteiger partial charge in [-0.15, -0.1) is 0 Å². The smallest absolute Gasteiger partial charge is 0.311 e. The molecule has 0 spiro atoms. The summed E-state index contributed by atoms with van der Waals surface area (Å²) in [5, 5.41) is 0. The lowest BCUT2D eigenvalue weighted by atomic mass is 10.2. The molecule has 1 aliphatic heterocycles. The summed E-state index contributed by atoms with van der Waals surface area (Å²) in [6, 6.07) is 0. The first-order valence-electron chi connectivity index (χ1n) is 2.88. The Bertz CT molecular complexity index is 110. The van der Waals surface area contributed by atoms with Crippen molar-refractivity contribution in [3.8, 4) is 0 Å². The largest absolute Gasteiger partial charge is 0.469 e. The number of hydrogen-bond acceptors (Lipinski definition) is 4. The summed E-state index contributed by atoms with van der Waals surface area (Å²) in [4.78, 5) is 10.7. The number of rotatable bonds is 1. The minimum atomic E-state index is -0.146. The molecule has 1 saturated heterocycles. The number of esters is 1. The fourth-order valence-corrected chi connectivity index (χ4v) is 0.796. The SMILES string of the molecule is COC(=O)C1CNNC1. The van der Waals surface area contributed by atoms with Gasteiger partial charge in [-0.05, 0) is 0 Å². The molecule has 4 heteroatoms. The van der Waals surface area contributed by atoms with Crippen LogP contribution in [0.15, 0.2) is 0 Å². The maximum absolute atomic E-state index is 10.7. The van der Waals surface area contributed by atoms with Crippen molar-refractivity contribution in [2.75, 3.05) is 20.2 Å². The lowest BCUT2D eigenvalue weighted by Gasteiger charge is -2.01. The van der Waals surface area contributed by atoms with E-state index in [2.05, 4.69) is 15.6 Å². The van der Waals surface area contributed by atoms with Gasteiger partial charge in [0, 0.05) is 13.1 Å². The molecule has 2 N–H and O–H groups in total. The molecule has 9 heavy (non-hydrogen) atoms. The van der Waals surface area contributed by atoms with E-state index in [9.17, 15) is 4.79 Å². The second-order valence-corrected chi connectivity index (χ2v) is 1.98. The maximum Gasteiger partial charge on any atom is 0.311 e. The molecule has 0 aromatic rings. The molecule has 0 atom stereocenters. The second kappa shape index (κ2) is 2.80. The molecule has 0 aliphatic carbocycles. The van der Waals surface area contributed by atoms with Crippen LogP contribution < -0.4 is 10.9 Å². The fraction of sp³-hybridized carbons (Fsp3) is 0.800. The maximum atomic E-state index is 10.7. The van der Waals surface area contributed by atoms with Gasteiger partial charge < -0.3 is 4.74 Å². The molecule has 0 radical (unpaired) electrons. The van der Waals surface area contributed by atoms with Crippen molar-refractivity contribution in [3.63, 3.8) is 0 Å². The van der Waals surface area contributed by atoms with Crippen LogP contribution in [0, 0.1) is 5.92 Å². The molecule has 0 bridgehead atoms. The van der Waals surface area contributed by atoms with Crippen LogP contribution in [0.2, 0.25) is 0 Å². The minimum absolute atomic E-state index is 0.00463. The van der Waals surface area contributed by atoms with Gasteiger partial charge in [-0.1, -0.05) is 0 Å². The van der Waals surface area contributed by atoms with E-state index in [-0.39, 0.29) is 11.9 Å². The third-order valence-corrected chi connectivity index (χ3v) is 1.36. The number of carbonyl (C=O) groups is 1. The van der Waals surface area contributed by atoms with E-state index >= 15 is 0 Å². The van der Waals surface area contributed by atoms with Gasteiger partial charge in [-0.2, -0.15) is 0 Å². The highest BCUT2D eigenvalue weighted by atomic mass is 16.5. The number of nitrogens with one attached hydrogen (secondary N) is 2. The summed E-state index contributed by atoms with van der Waals surface area (Å²) in [6.45, 7) is 1.35. The van der Waals surface area contributed by atoms with Crippen LogP contribution in [-0.4, -0.2) is 26.2 Å². The van der Waals surface area contributed by atoms with E-state index in [4.69, 9.17) is 0 Å². The van der Waals surface area contributed by atoms with Gasteiger partial charge in [0.15, 0.2) is 0 Å². The van der Waals surface area contributed by atoms with Gasteiger partial charge in [0.25, 0.3) is 0 Å². The average molecular weight is 130 g/mol. The van der Waals surface area contributed by atoms with Crippen molar-refractivity contribution in [2.24, 2.45) is 5.92 Å². The predicted octanol–water partition coefficient (Wildman–Crippen LogP) is -1.12. The van der Waals surface area contributed by atoms with Crippen LogP contribution in [-0.2, 0) is 9.53 Å². The Morgan fingerprint density at radius 1 is 1.56 bits per heavy atom. The number of carbonyl (C=O) groups excluding carboxylic acids is 1. The van der Waals surface area contributed by atoms with Gasteiger partial charge in [-0.3, -0.25) is 15.6 Å². The van der Waals surface area contributed by atoms with E-state index in [0.29, 0.717) is 13.1 Å². The zero-order chi connectivity index (χ0) is 6.69. The predicted molar refractivity (Wildman–Crippen MR) is 31.5 cm³/mol. The summed E-state index contributed by atoms with van der Waals surface area (Å²) < 4.78 is 4.52. The van der Waals surface area contributed by atoms with E-state index in [0.717, 1.165) is 0 Å². The molecule has 0 unspecified atom stereocenters. The highest BCUT2D eigenvalue weighted by molar-refractivity contribution is 5.73. The topological polar surface area (TPSA) is 50.4 Å². The zero-order valence-corrected chi connectivity index (χ0v) is 5.31. The second-order valence-electron chi connectivity index (χ2n) is 1.98. The Hall–Kier alpha value is -0.610. The van der Waals surface area contributed by atoms with Crippen LogP contribution >= 0.6 is 0 Å². The third kappa shape index (κ3) is 1.40. The Morgan fingerprint density at radius 2 is 2.11 bits per heavy atom. The van der Waals surface area contributed by atoms with Crippen molar-refractivity contribution >= 4 is 5.97 Å². The highest BCUT2D eigenvalue weighted by Gasteiger charge is 2.22. The van der Waals surface area contributed by atoms with Crippen LogP contribution in [0.3, 0.4) is 0 Å². The first-order chi connectivity index (χ1) is 4.34. The third-order valence-electron chi connectivity index (χ3n) is 1.36. The molecule has 52 valence electrons. The summed E-state index contributed by atoms with van der Waals surface area (Å²) in [6.07, 6.45) is 0. The average Bonchev–Trinajstić information content (AvgIpc) is 2.37. The zero-order valence-electron chi connectivity index (χ0n) is 5.31. The molecule has 0 saturated carbocycles. The number of methoxy groups -OCH3 is 1. The van der Waals surface area contributed by atoms with E-state index in [1.54, 1.807) is 0 Å². The number of ether oxygens (including phenoxy) is 1. The molecule has 1 fully saturated rings. The Balaban J connectivity index is 2.32. The Morgan fingerprint density at radius 3 is 2.56 bits per heavy atom. The first-order valence-corrected chi connectivity index (χ1v) is 2.88. The fourth-order valence-electron chi connectivity index (χ4n) is 0.796. The van der Waals surface area contributed by atoms with Crippen molar-refractivity contribution in [1.82, 2.24) is 10.9 Å². The molecule has 0 amide bonds. The lowest BCUT2D eigenvalue weighted by Crippen LogP contribution is -2.21. The minimum Gasteiger partial charge on any atom is -0.469 e. The van der Waals surface area contributed by atoms with Gasteiger partial charge in [0.2, 0.25) is 0 Å². The van der Waals surface area contributed by atoms with E-state index < -0.39 is 0 Å². The molecule has 0 aromatic carbocycles. The van der Waals surface area contributed by atoms with Gasteiger partial charge >= 0.3 is 5.97 Å². The Kier molecular flexibility index (Phi) is 2.02. The summed E-state index contributed by atoms with van der Waals surface area (Å²) >= 11 is 0. The van der Waals surface area contributed by atoms with E-state index in [1.165, 1.54) is 7.11 Å². The molecule has 1 aliphatic rings. The van der Waals surface area contributed by atoms with Gasteiger partial charge in [0.1, 0.15) is 0 Å². The molecule has 4 nitrogen and oxygen atoms in total. The lowest BCUT2D eigenvalue weighted by molar-refractivity contribution is -0.144. The van der Waals surface area contributed by atoms with Crippen LogP contribution in [0.4, 0.5) is 0 Å². The summed E-state index contributed by atoms with van der Waals surface area (Å²) in [5.41, 5.74) is 5.67. The standard InChI is InChI=1S/C5H10N2O2/c1-9-5(8)4-2-6-7-3-4/h4,6-7H,2-3H2,1H3. The molecular formula is C5H10N2O2. The number of hydrazine groups is 1. The van der Waals surface area contributed by atoms with Crippen molar-refractivity contribution < 1.29 is 9.53 Å². The monoisotopic (exact) mass is 130 g/mol. The first kappa shape index (κ1) is 6.51.